The lowest BCUT2D eigenvalue weighted by molar-refractivity contribution is 0.127. The topological polar surface area (TPSA) is 83.1 Å². The van der Waals surface area contributed by atoms with Gasteiger partial charge in [0.2, 0.25) is 0 Å². The van der Waals surface area contributed by atoms with E-state index in [-0.39, 0.29) is 23.6 Å². The van der Waals surface area contributed by atoms with Crippen LogP contribution in [0.1, 0.15) is 46.5 Å². The fraction of sp³-hybridized carbons (Fsp3) is 0.900. The quantitative estimate of drug-likeness (QED) is 0.435. The van der Waals surface area contributed by atoms with Gasteiger partial charge in [0.1, 0.15) is 13.2 Å². The summed E-state index contributed by atoms with van der Waals surface area (Å²) < 4.78 is 10.3. The molecule has 0 aliphatic rings. The van der Waals surface area contributed by atoms with Gasteiger partial charge in [0.25, 0.3) is 0 Å². The Hall–Kier alpha value is -1.54. The first-order valence-electron chi connectivity index (χ1n) is 10.2. The van der Waals surface area contributed by atoms with Crippen LogP contribution in [0.25, 0.3) is 0 Å². The number of alkyl carbamates (subject to hydrolysis) is 2. The van der Waals surface area contributed by atoms with E-state index in [1.54, 1.807) is 0 Å². The first-order valence-corrected chi connectivity index (χ1v) is 10.2. The van der Waals surface area contributed by atoms with Gasteiger partial charge < -0.3 is 29.9 Å². The summed E-state index contributed by atoms with van der Waals surface area (Å²) in [6.07, 6.45) is 2.79. The lowest BCUT2D eigenvalue weighted by Crippen LogP contribution is -2.39. The van der Waals surface area contributed by atoms with Crippen LogP contribution < -0.4 is 10.6 Å². The number of hydrogen-bond acceptors (Lipinski definition) is 6. The molecule has 28 heavy (non-hydrogen) atoms. The Balaban J connectivity index is 4.07. The maximum absolute atomic E-state index is 11.9. The van der Waals surface area contributed by atoms with E-state index >= 15 is 0 Å². The Labute approximate surface area is 171 Å². The Morgan fingerprint density at radius 2 is 1.50 bits per heavy atom. The van der Waals surface area contributed by atoms with Crippen LogP contribution >= 0.6 is 0 Å². The molecule has 0 bridgehead atoms. The minimum atomic E-state index is -0.367. The van der Waals surface area contributed by atoms with Crippen molar-refractivity contribution in [3.8, 4) is 0 Å². The van der Waals surface area contributed by atoms with Crippen molar-refractivity contribution in [1.29, 1.82) is 0 Å². The Morgan fingerprint density at radius 3 is 2.00 bits per heavy atom. The van der Waals surface area contributed by atoms with E-state index in [1.165, 1.54) is 0 Å². The van der Waals surface area contributed by atoms with Gasteiger partial charge in [-0.05, 0) is 59.3 Å². The SMILES string of the molecule is CCC(CC(C)(C)CCCNC(=O)OCCN(C)C)NC(=O)OCCN(C)C. The molecule has 0 fully saturated rings. The zero-order valence-electron chi connectivity index (χ0n) is 19.0. The molecule has 0 saturated heterocycles. The van der Waals surface area contributed by atoms with Gasteiger partial charge in [-0.1, -0.05) is 20.8 Å². The minimum absolute atomic E-state index is 0.0497. The molecule has 8 nitrogen and oxygen atoms in total. The van der Waals surface area contributed by atoms with Crippen LogP contribution in [0.15, 0.2) is 0 Å². The second kappa shape index (κ2) is 14.5. The summed E-state index contributed by atoms with van der Waals surface area (Å²) in [5.74, 6) is 0. The molecule has 2 amide bonds. The lowest BCUT2D eigenvalue weighted by atomic mass is 9.81. The van der Waals surface area contributed by atoms with Crippen molar-refractivity contribution in [2.75, 3.05) is 61.0 Å². The molecule has 0 aliphatic carbocycles. The third-order valence-electron chi connectivity index (χ3n) is 4.46. The molecular weight excluding hydrogens is 360 g/mol. The average Bonchev–Trinajstić information content (AvgIpc) is 2.57. The second-order valence-corrected chi connectivity index (χ2v) is 8.53. The summed E-state index contributed by atoms with van der Waals surface area (Å²) in [5.41, 5.74) is 0.0497. The zero-order valence-corrected chi connectivity index (χ0v) is 19.0. The maximum atomic E-state index is 11.9. The van der Waals surface area contributed by atoms with Gasteiger partial charge in [0.05, 0.1) is 0 Å². The Morgan fingerprint density at radius 1 is 0.964 bits per heavy atom. The standard InChI is InChI=1S/C20H42N4O4/c1-8-17(22-19(26)28-15-13-24(6)7)16-20(2,3)10-9-11-21-18(25)27-14-12-23(4)5/h17H,8-16H2,1-7H3,(H,21,25)(H,22,26). The fourth-order valence-electron chi connectivity index (χ4n) is 2.73. The van der Waals surface area contributed by atoms with Crippen molar-refractivity contribution in [3.63, 3.8) is 0 Å². The number of amides is 2. The molecular formula is C20H42N4O4. The zero-order chi connectivity index (χ0) is 21.6. The first kappa shape index (κ1) is 26.5. The highest BCUT2D eigenvalue weighted by molar-refractivity contribution is 5.67. The smallest absolute Gasteiger partial charge is 0.407 e. The number of nitrogens with one attached hydrogen (secondary N) is 2. The predicted octanol–water partition coefficient (Wildman–Crippen LogP) is 2.54. The molecule has 2 N–H and O–H groups in total. The summed E-state index contributed by atoms with van der Waals surface area (Å²) in [6.45, 7) is 9.21. The van der Waals surface area contributed by atoms with Crippen molar-refractivity contribution < 1.29 is 19.1 Å². The number of carbonyl (C=O) groups is 2. The van der Waals surface area contributed by atoms with Crippen LogP contribution in [-0.2, 0) is 9.47 Å². The van der Waals surface area contributed by atoms with E-state index in [4.69, 9.17) is 9.47 Å². The molecule has 1 unspecified atom stereocenters. The van der Waals surface area contributed by atoms with E-state index in [2.05, 4.69) is 31.4 Å². The van der Waals surface area contributed by atoms with Crippen LogP contribution in [0.4, 0.5) is 9.59 Å². The largest absolute Gasteiger partial charge is 0.448 e. The Bertz CT molecular complexity index is 442. The molecule has 0 aromatic heterocycles. The Kier molecular flexibility index (Phi) is 13.7. The molecule has 0 rings (SSSR count). The number of hydrogen-bond donors (Lipinski definition) is 2. The van der Waals surface area contributed by atoms with Gasteiger partial charge in [-0.15, -0.1) is 0 Å². The van der Waals surface area contributed by atoms with E-state index in [0.29, 0.717) is 32.8 Å². The van der Waals surface area contributed by atoms with Gasteiger partial charge >= 0.3 is 12.2 Å². The molecule has 0 spiro atoms. The van der Waals surface area contributed by atoms with Crippen molar-refractivity contribution in [2.24, 2.45) is 5.41 Å². The summed E-state index contributed by atoms with van der Waals surface area (Å²) in [4.78, 5) is 27.5. The summed E-state index contributed by atoms with van der Waals surface area (Å²) in [7, 11) is 7.75. The van der Waals surface area contributed by atoms with E-state index in [9.17, 15) is 9.59 Å². The highest BCUT2D eigenvalue weighted by Gasteiger charge is 2.23. The number of likely N-dealkylation sites (N-methyl/N-ethyl adjacent to an activating group) is 2. The average molecular weight is 403 g/mol. The second-order valence-electron chi connectivity index (χ2n) is 8.53. The maximum Gasteiger partial charge on any atom is 0.407 e. The van der Waals surface area contributed by atoms with E-state index in [1.807, 2.05) is 38.0 Å². The first-order chi connectivity index (χ1) is 13.1. The molecule has 0 saturated carbocycles. The molecule has 1 atom stereocenters. The van der Waals surface area contributed by atoms with Crippen molar-refractivity contribution >= 4 is 12.2 Å². The van der Waals surface area contributed by atoms with Gasteiger partial charge in [-0.2, -0.15) is 0 Å². The van der Waals surface area contributed by atoms with Crippen LogP contribution in [-0.4, -0.2) is 89.1 Å². The third-order valence-corrected chi connectivity index (χ3v) is 4.46. The lowest BCUT2D eigenvalue weighted by Gasteiger charge is -2.30. The molecule has 0 heterocycles. The van der Waals surface area contributed by atoms with Crippen molar-refractivity contribution in [1.82, 2.24) is 20.4 Å². The summed E-state index contributed by atoms with van der Waals surface area (Å²) in [5, 5.41) is 5.75. The van der Waals surface area contributed by atoms with E-state index in [0.717, 1.165) is 25.7 Å². The normalized spacial score (nSPS) is 12.8. The predicted molar refractivity (Wildman–Crippen MR) is 113 cm³/mol. The van der Waals surface area contributed by atoms with Crippen LogP contribution in [0, 0.1) is 5.41 Å². The molecule has 166 valence electrons. The number of carbonyl (C=O) groups excluding carboxylic acids is 2. The van der Waals surface area contributed by atoms with Crippen LogP contribution in [0.3, 0.4) is 0 Å². The van der Waals surface area contributed by atoms with Gasteiger partial charge in [-0.3, -0.25) is 0 Å². The van der Waals surface area contributed by atoms with Crippen LogP contribution in [0.2, 0.25) is 0 Å². The molecule has 0 aromatic carbocycles. The minimum Gasteiger partial charge on any atom is -0.448 e. The summed E-state index contributed by atoms with van der Waals surface area (Å²) in [6, 6.07) is 0.0748. The molecule has 0 aliphatic heterocycles. The molecule has 8 heteroatoms. The van der Waals surface area contributed by atoms with Gasteiger partial charge in [0, 0.05) is 25.7 Å². The van der Waals surface area contributed by atoms with Crippen LogP contribution in [0.5, 0.6) is 0 Å². The fourth-order valence-corrected chi connectivity index (χ4v) is 2.73. The number of nitrogens with zero attached hydrogens (tertiary/aromatic N) is 2. The number of ether oxygens (including phenoxy) is 2. The van der Waals surface area contributed by atoms with Crippen molar-refractivity contribution in [2.45, 2.75) is 52.5 Å². The van der Waals surface area contributed by atoms with Crippen molar-refractivity contribution in [3.05, 3.63) is 0 Å². The monoisotopic (exact) mass is 402 g/mol. The van der Waals surface area contributed by atoms with Gasteiger partial charge in [0.15, 0.2) is 0 Å². The summed E-state index contributed by atoms with van der Waals surface area (Å²) >= 11 is 0. The molecule has 0 aromatic rings. The third kappa shape index (κ3) is 15.5. The highest BCUT2D eigenvalue weighted by Crippen LogP contribution is 2.29. The highest BCUT2D eigenvalue weighted by atomic mass is 16.6. The number of rotatable bonds is 14. The van der Waals surface area contributed by atoms with E-state index < -0.39 is 0 Å². The molecule has 0 radical (unpaired) electrons. The van der Waals surface area contributed by atoms with Gasteiger partial charge in [-0.25, -0.2) is 9.59 Å².